The minimum atomic E-state index is -4.96. The number of aliphatic hydroxyl groups excluding tert-OH is 1. The van der Waals surface area contributed by atoms with Crippen LogP contribution in [0.1, 0.15) is 0 Å². The van der Waals surface area contributed by atoms with Crippen LogP contribution in [0.25, 0.3) is 0 Å². The number of allylic oxidation sites excluding steroid dienone is 1. The van der Waals surface area contributed by atoms with Crippen molar-refractivity contribution in [3.05, 3.63) is 11.9 Å². The summed E-state index contributed by atoms with van der Waals surface area (Å²) >= 11 is 0. The first-order chi connectivity index (χ1) is 3.98. The van der Waals surface area contributed by atoms with Crippen molar-refractivity contribution in [3.63, 3.8) is 0 Å². The summed E-state index contributed by atoms with van der Waals surface area (Å²) < 4.78 is 44.7. The largest absolute Gasteiger partial charge is 0.442 e. The van der Waals surface area contributed by atoms with Crippen molar-refractivity contribution in [2.45, 2.75) is 6.18 Å². The van der Waals surface area contributed by atoms with Gasteiger partial charge in [-0.15, -0.1) is 0 Å². The normalized spacial score (nSPS) is 14.1. The number of hydrogen-bond acceptors (Lipinski definition) is 1. The van der Waals surface area contributed by atoms with Gasteiger partial charge in [0.1, 0.15) is 0 Å². The molecular formula is C4H4F4O. The van der Waals surface area contributed by atoms with Gasteiger partial charge < -0.3 is 5.11 Å². The lowest BCUT2D eigenvalue weighted by molar-refractivity contribution is -0.109. The Morgan fingerprint density at radius 1 is 1.44 bits per heavy atom. The fourth-order valence-electron chi connectivity index (χ4n) is 0.196. The third kappa shape index (κ3) is 3.07. The molecule has 0 radical (unpaired) electrons. The highest BCUT2D eigenvalue weighted by Gasteiger charge is 2.33. The van der Waals surface area contributed by atoms with Gasteiger partial charge in [0.05, 0.1) is 6.61 Å². The van der Waals surface area contributed by atoms with E-state index in [9.17, 15) is 17.6 Å². The Hall–Kier alpha value is -0.580. The Bertz CT molecular complexity index is 114. The topological polar surface area (TPSA) is 20.2 Å². The van der Waals surface area contributed by atoms with Gasteiger partial charge in [-0.2, -0.15) is 13.2 Å². The van der Waals surface area contributed by atoms with Crippen LogP contribution in [0.3, 0.4) is 0 Å². The maximum Gasteiger partial charge on any atom is 0.442 e. The Morgan fingerprint density at radius 3 is 2.00 bits per heavy atom. The Labute approximate surface area is 48.6 Å². The van der Waals surface area contributed by atoms with Gasteiger partial charge in [0, 0.05) is 0 Å². The Kier molecular flexibility index (Phi) is 2.64. The maximum atomic E-state index is 11.5. The van der Waals surface area contributed by atoms with E-state index >= 15 is 0 Å². The van der Waals surface area contributed by atoms with E-state index in [2.05, 4.69) is 0 Å². The first-order valence-electron chi connectivity index (χ1n) is 2.02. The SMILES string of the molecule is OC/C=C(\F)C(F)(F)F. The lowest BCUT2D eigenvalue weighted by Gasteiger charge is -1.99. The van der Waals surface area contributed by atoms with Gasteiger partial charge >= 0.3 is 6.18 Å². The van der Waals surface area contributed by atoms with Crippen molar-refractivity contribution in [1.29, 1.82) is 0 Å². The fourth-order valence-corrected chi connectivity index (χ4v) is 0.196. The van der Waals surface area contributed by atoms with Crippen LogP contribution < -0.4 is 0 Å². The summed E-state index contributed by atoms with van der Waals surface area (Å²) in [6.07, 6.45) is -4.90. The zero-order valence-corrected chi connectivity index (χ0v) is 4.24. The third-order valence-electron chi connectivity index (χ3n) is 0.541. The molecule has 0 aromatic rings. The molecule has 0 aliphatic carbocycles. The van der Waals surface area contributed by atoms with Crippen LogP contribution in [-0.4, -0.2) is 17.9 Å². The number of alkyl halides is 3. The number of rotatable bonds is 1. The van der Waals surface area contributed by atoms with Crippen LogP contribution in [-0.2, 0) is 0 Å². The molecule has 0 fully saturated rings. The molecule has 5 heteroatoms. The van der Waals surface area contributed by atoms with Crippen LogP contribution in [0.5, 0.6) is 0 Å². The van der Waals surface area contributed by atoms with Gasteiger partial charge in [-0.1, -0.05) is 0 Å². The second-order valence-corrected chi connectivity index (χ2v) is 1.23. The highest BCUT2D eigenvalue weighted by atomic mass is 19.4. The molecule has 0 rings (SSSR count). The third-order valence-corrected chi connectivity index (χ3v) is 0.541. The first kappa shape index (κ1) is 8.42. The van der Waals surface area contributed by atoms with Crippen molar-refractivity contribution in [2.24, 2.45) is 0 Å². The average Bonchev–Trinajstić information content (AvgIpc) is 1.64. The minimum Gasteiger partial charge on any atom is -0.392 e. The van der Waals surface area contributed by atoms with Crippen LogP contribution >= 0.6 is 0 Å². The molecule has 0 atom stereocenters. The predicted octanol–water partition coefficient (Wildman–Crippen LogP) is 1.39. The average molecular weight is 144 g/mol. The fraction of sp³-hybridized carbons (Fsp3) is 0.500. The molecule has 0 amide bonds. The van der Waals surface area contributed by atoms with E-state index < -0.39 is 18.6 Å². The van der Waals surface area contributed by atoms with E-state index in [4.69, 9.17) is 5.11 Å². The molecule has 0 unspecified atom stereocenters. The monoisotopic (exact) mass is 144 g/mol. The van der Waals surface area contributed by atoms with Crippen LogP contribution in [0.4, 0.5) is 17.6 Å². The van der Waals surface area contributed by atoms with E-state index in [0.29, 0.717) is 0 Å². The molecule has 0 spiro atoms. The molecule has 0 saturated carbocycles. The number of halogens is 4. The minimum absolute atomic E-state index is 0.0556. The van der Waals surface area contributed by atoms with Crippen LogP contribution in [0, 0.1) is 0 Å². The summed E-state index contributed by atoms with van der Waals surface area (Å²) in [4.78, 5) is 0. The van der Waals surface area contributed by atoms with E-state index in [1.54, 1.807) is 0 Å². The zero-order chi connectivity index (χ0) is 7.49. The molecule has 1 N–H and O–H groups in total. The van der Waals surface area contributed by atoms with Crippen LogP contribution in [0.15, 0.2) is 11.9 Å². The first-order valence-corrected chi connectivity index (χ1v) is 2.02. The van der Waals surface area contributed by atoms with Gasteiger partial charge in [-0.3, -0.25) is 0 Å². The number of hydrogen-bond donors (Lipinski definition) is 1. The molecular weight excluding hydrogens is 140 g/mol. The summed E-state index contributed by atoms with van der Waals surface area (Å²) in [7, 11) is 0. The molecule has 0 aromatic carbocycles. The molecule has 1 nitrogen and oxygen atoms in total. The lowest BCUT2D eigenvalue weighted by atomic mass is 10.5. The zero-order valence-electron chi connectivity index (χ0n) is 4.24. The van der Waals surface area contributed by atoms with E-state index in [0.717, 1.165) is 0 Å². The van der Waals surface area contributed by atoms with Crippen LogP contribution in [0.2, 0.25) is 0 Å². The Balaban J connectivity index is 4.03. The summed E-state index contributed by atoms with van der Waals surface area (Å²) in [6, 6.07) is 0. The second-order valence-electron chi connectivity index (χ2n) is 1.23. The van der Waals surface area contributed by atoms with Crippen molar-refractivity contribution in [1.82, 2.24) is 0 Å². The van der Waals surface area contributed by atoms with Gasteiger partial charge in [0.25, 0.3) is 0 Å². The summed E-state index contributed by atoms with van der Waals surface area (Å²) in [5.41, 5.74) is 0. The Morgan fingerprint density at radius 2 is 1.89 bits per heavy atom. The molecule has 54 valence electrons. The highest BCUT2D eigenvalue weighted by Crippen LogP contribution is 2.25. The molecule has 0 bridgehead atoms. The van der Waals surface area contributed by atoms with Gasteiger partial charge in [0.15, 0.2) is 0 Å². The number of aliphatic hydroxyl groups is 1. The van der Waals surface area contributed by atoms with Gasteiger partial charge in [0.2, 0.25) is 5.83 Å². The lowest BCUT2D eigenvalue weighted by Crippen LogP contribution is -2.08. The van der Waals surface area contributed by atoms with E-state index in [1.807, 2.05) is 0 Å². The van der Waals surface area contributed by atoms with Crippen molar-refractivity contribution in [2.75, 3.05) is 6.61 Å². The van der Waals surface area contributed by atoms with Crippen molar-refractivity contribution in [3.8, 4) is 0 Å². The second kappa shape index (κ2) is 2.82. The standard InChI is InChI=1S/C4H4F4O/c5-3(1-2-9)4(6,7)8/h1,9H,2H2/b3-1-. The van der Waals surface area contributed by atoms with E-state index in [1.165, 1.54) is 0 Å². The molecule has 0 aromatic heterocycles. The summed E-state index contributed by atoms with van der Waals surface area (Å²) in [6.45, 7) is -0.939. The molecule has 0 heterocycles. The van der Waals surface area contributed by atoms with Crippen molar-refractivity contribution < 1.29 is 22.7 Å². The molecule has 0 aliphatic rings. The predicted molar refractivity (Wildman–Crippen MR) is 22.3 cm³/mol. The smallest absolute Gasteiger partial charge is 0.392 e. The highest BCUT2D eigenvalue weighted by molar-refractivity contribution is 4.98. The molecule has 0 saturated heterocycles. The van der Waals surface area contributed by atoms with E-state index in [-0.39, 0.29) is 6.08 Å². The molecule has 0 aliphatic heterocycles. The maximum absolute atomic E-state index is 11.5. The molecule has 9 heavy (non-hydrogen) atoms. The summed E-state index contributed by atoms with van der Waals surface area (Å²) in [5, 5.41) is 7.78. The summed E-state index contributed by atoms with van der Waals surface area (Å²) in [5.74, 6) is -2.26. The van der Waals surface area contributed by atoms with Gasteiger partial charge in [-0.05, 0) is 6.08 Å². The quantitative estimate of drug-likeness (QED) is 0.551. The van der Waals surface area contributed by atoms with Gasteiger partial charge in [-0.25, -0.2) is 4.39 Å². The van der Waals surface area contributed by atoms with Crippen molar-refractivity contribution >= 4 is 0 Å².